The molecule has 13 nitrogen and oxygen atoms in total. The van der Waals surface area contributed by atoms with Crippen LogP contribution in [0.2, 0.25) is 0 Å². The van der Waals surface area contributed by atoms with Crippen molar-refractivity contribution in [2.75, 3.05) is 117 Å². The number of halogens is 1. The van der Waals surface area contributed by atoms with Crippen LogP contribution in [0.3, 0.4) is 0 Å². The van der Waals surface area contributed by atoms with Crippen molar-refractivity contribution in [1.82, 2.24) is 0 Å². The topological polar surface area (TPSA) is 120 Å². The summed E-state index contributed by atoms with van der Waals surface area (Å²) in [6.07, 6.45) is 8.40. The van der Waals surface area contributed by atoms with E-state index in [0.29, 0.717) is 23.0 Å². The molecule has 648 valence electrons. The summed E-state index contributed by atoms with van der Waals surface area (Å²) in [7, 11) is 21.1. The van der Waals surface area contributed by atoms with E-state index < -0.39 is 0 Å². The molecule has 12 aromatic rings. The molecule has 0 aliphatic rings. The fourth-order valence-electron chi connectivity index (χ4n) is 10.1. The third kappa shape index (κ3) is 45.0. The summed E-state index contributed by atoms with van der Waals surface area (Å²) in [6.45, 7) is 26.5. The molecule has 0 spiro atoms. The van der Waals surface area contributed by atoms with Crippen LogP contribution in [0.15, 0.2) is 268 Å². The van der Waals surface area contributed by atoms with Gasteiger partial charge in [-0.15, -0.1) is 47.0 Å². The van der Waals surface area contributed by atoms with E-state index in [-0.39, 0.29) is 5.82 Å². The van der Waals surface area contributed by atoms with Gasteiger partial charge in [0.15, 0.2) is 46.1 Å². The highest BCUT2D eigenvalue weighted by Gasteiger charge is 2.11. The van der Waals surface area contributed by atoms with Gasteiger partial charge in [0.2, 0.25) is 5.75 Å². The van der Waals surface area contributed by atoms with E-state index in [9.17, 15) is 4.39 Å². The molecule has 0 aromatic heterocycles. The van der Waals surface area contributed by atoms with Crippen molar-refractivity contribution >= 4 is 47.0 Å². The lowest BCUT2D eigenvalue weighted by Gasteiger charge is -2.12. The monoisotopic (exact) mass is 1710 g/mol. The maximum Gasteiger partial charge on any atom is 0.203 e. The molecular weight excluding hydrogens is 1580 g/mol. The molecule has 0 saturated heterocycles. The van der Waals surface area contributed by atoms with Gasteiger partial charge in [0.05, 0.1) is 92.4 Å². The lowest BCUT2D eigenvalue weighted by Crippen LogP contribution is -1.95. The fourth-order valence-corrected chi connectivity index (χ4v) is 12.2. The van der Waals surface area contributed by atoms with Gasteiger partial charge in [0.25, 0.3) is 0 Å². The molecular formula is C102H131FO13S4. The van der Waals surface area contributed by atoms with Crippen LogP contribution < -0.4 is 61.6 Å². The second-order valence-electron chi connectivity index (χ2n) is 26.5. The highest BCUT2D eigenvalue weighted by atomic mass is 32.2. The van der Waals surface area contributed by atoms with E-state index in [1.54, 1.807) is 138 Å². The molecule has 120 heavy (non-hydrogen) atoms. The Labute approximate surface area is 736 Å². The third-order valence-corrected chi connectivity index (χ3v) is 19.6. The van der Waals surface area contributed by atoms with Crippen LogP contribution >= 0.6 is 47.0 Å². The van der Waals surface area contributed by atoms with Gasteiger partial charge in [-0.3, -0.25) is 0 Å². The zero-order valence-electron chi connectivity index (χ0n) is 76.5. The summed E-state index contributed by atoms with van der Waals surface area (Å²) in [6, 6.07) is 82.1. The van der Waals surface area contributed by atoms with Crippen LogP contribution in [0.5, 0.6) is 74.7 Å². The van der Waals surface area contributed by atoms with Crippen molar-refractivity contribution in [3.05, 3.63) is 327 Å². The van der Waals surface area contributed by atoms with Crippen LogP contribution in [0, 0.1) is 95.8 Å². The number of para-hydroxylation sites is 2. The second kappa shape index (κ2) is 63.4. The predicted octanol–water partition coefficient (Wildman–Crippen LogP) is 27.4. The van der Waals surface area contributed by atoms with Gasteiger partial charge >= 0.3 is 0 Å². The predicted molar refractivity (Wildman–Crippen MR) is 511 cm³/mol. The summed E-state index contributed by atoms with van der Waals surface area (Å²) in [4.78, 5) is 5.39. The molecule has 0 fully saturated rings. The average Bonchev–Trinajstić information content (AvgIpc) is 0.832. The number of methoxy groups -OCH3 is 13. The SMILES string of the molecule is COc1cc(C)cc(OC)c1.COc1cc(C)cc(OC)c1OC.COc1ccc(C)cc1.COc1ccc(C)cc1F.COc1ccc(C)cc1OC.COc1cccc(C)c1.COc1cccc(C)c1OC.COc1ccccc1C.CSc1cc(C)cc(SC)c1.CSc1ccc(C)cc1.CSc1cccc(C)c1.Cc1ccc(C)cc1. The second-order valence-corrected chi connectivity index (χ2v) is 30.0. The Hall–Kier alpha value is -10.6. The van der Waals surface area contributed by atoms with Crippen molar-refractivity contribution in [3.8, 4) is 74.7 Å². The minimum atomic E-state index is -0.303. The number of hydrogen-bond donors (Lipinski definition) is 0. The Kier molecular flexibility index (Phi) is 56.7. The Morgan fingerprint density at radius 1 is 0.183 bits per heavy atom. The average molecular weight is 1710 g/mol. The summed E-state index contributed by atoms with van der Waals surface area (Å²) >= 11 is 7.16. The van der Waals surface area contributed by atoms with E-state index in [4.69, 9.17) is 61.6 Å². The smallest absolute Gasteiger partial charge is 0.203 e. The summed E-state index contributed by atoms with van der Waals surface area (Å²) in [5, 5.41) is 0. The van der Waals surface area contributed by atoms with Crippen LogP contribution in [-0.4, -0.2) is 117 Å². The zero-order chi connectivity index (χ0) is 89.9. The van der Waals surface area contributed by atoms with Crippen molar-refractivity contribution in [2.45, 2.75) is 110 Å². The number of ether oxygens (including phenoxy) is 13. The Morgan fingerprint density at radius 3 is 0.908 bits per heavy atom. The highest BCUT2D eigenvalue weighted by Crippen LogP contribution is 2.38. The molecule has 0 saturated carbocycles. The van der Waals surface area contributed by atoms with Crippen molar-refractivity contribution < 1.29 is 66.0 Å². The fraction of sp³-hybridized carbons (Fsp3) is 0.294. The van der Waals surface area contributed by atoms with Crippen LogP contribution in [0.25, 0.3) is 0 Å². The third-order valence-electron chi connectivity index (χ3n) is 16.7. The molecule has 0 bridgehead atoms. The molecule has 12 aromatic carbocycles. The molecule has 18 heteroatoms. The standard InChI is InChI=1S/C10H14O3.3C9H12O2.C9H12S2.C8H9FO.3C8H10O.2C8H10S.C8H10/c1-7-5-8(11-2)10(13-4)9(6-7)12-3;1-7-4-8(10-2)6-9(5-7)11-3;1-7-4-5-8(10-2)9(6-7)11-3;1-7-5-4-6-8(10-2)9(7)11-3;1-7-4-8(10-2)6-9(5-7)11-3;1-6-3-4-8(10-2)7(9)5-6;1-7-3-5-8(9-2)6-4-7;1-7-4-3-5-8(6-7)9-2;1-7-5-3-4-6-8(7)9-2;1-7-3-5-8(9-2)6-4-7;1-7-4-3-5-8(6-7)9-2;1-7-3-5-8(2)6-4-7/h5-6H,1-4H3;4*4-6H,1-3H3;3-5H,1-2H3;5*3-6H,1-2H3;3-6H,1-2H3. The van der Waals surface area contributed by atoms with Crippen LogP contribution in [0.1, 0.15) is 72.3 Å². The number of aryl methyl sites for hydroxylation is 13. The van der Waals surface area contributed by atoms with Crippen molar-refractivity contribution in [3.63, 3.8) is 0 Å². The summed E-state index contributed by atoms with van der Waals surface area (Å²) in [5.74, 6) is 9.65. The number of benzene rings is 12. The number of thioether (sulfide) groups is 4. The minimum Gasteiger partial charge on any atom is -0.497 e. The van der Waals surface area contributed by atoms with E-state index in [1.807, 2.05) is 194 Å². The summed E-state index contributed by atoms with van der Waals surface area (Å²) < 4.78 is 78.4. The molecule has 0 aliphatic carbocycles. The van der Waals surface area contributed by atoms with Gasteiger partial charge < -0.3 is 61.6 Å². The Balaban J connectivity index is 0.000000656. The molecule has 0 atom stereocenters. The zero-order valence-corrected chi connectivity index (χ0v) is 79.8. The quantitative estimate of drug-likeness (QED) is 0.0803. The lowest BCUT2D eigenvalue weighted by atomic mass is 10.2. The lowest BCUT2D eigenvalue weighted by molar-refractivity contribution is 0.324. The Bertz CT molecular complexity index is 4520. The maximum atomic E-state index is 12.7. The minimum absolute atomic E-state index is 0.297. The summed E-state index contributed by atoms with van der Waals surface area (Å²) in [5.41, 5.74) is 15.7. The van der Waals surface area contributed by atoms with E-state index >= 15 is 0 Å². The van der Waals surface area contributed by atoms with Crippen molar-refractivity contribution in [2.24, 2.45) is 0 Å². The normalized spacial score (nSPS) is 9.43. The number of rotatable bonds is 17. The molecule has 0 unspecified atom stereocenters. The van der Waals surface area contributed by atoms with Crippen LogP contribution in [-0.2, 0) is 0 Å². The first-order valence-electron chi connectivity index (χ1n) is 38.4. The van der Waals surface area contributed by atoms with Crippen molar-refractivity contribution in [1.29, 1.82) is 0 Å². The van der Waals surface area contributed by atoms with Crippen LogP contribution in [0.4, 0.5) is 4.39 Å². The Morgan fingerprint density at radius 2 is 0.525 bits per heavy atom. The molecule has 0 amide bonds. The first-order valence-corrected chi connectivity index (χ1v) is 43.3. The first kappa shape index (κ1) is 107. The number of hydrogen-bond acceptors (Lipinski definition) is 17. The van der Waals surface area contributed by atoms with Gasteiger partial charge in [-0.1, -0.05) is 143 Å². The molecule has 0 aliphatic heterocycles. The van der Waals surface area contributed by atoms with E-state index in [2.05, 4.69) is 158 Å². The van der Waals surface area contributed by atoms with Gasteiger partial charge in [0.1, 0.15) is 28.7 Å². The van der Waals surface area contributed by atoms with Gasteiger partial charge in [0, 0.05) is 25.6 Å². The molecule has 0 radical (unpaired) electrons. The maximum absolute atomic E-state index is 12.7. The van der Waals surface area contributed by atoms with E-state index in [1.165, 1.54) is 82.8 Å². The molecule has 0 N–H and O–H groups in total. The van der Waals surface area contributed by atoms with E-state index in [0.717, 1.165) is 74.0 Å². The largest absolute Gasteiger partial charge is 0.497 e. The van der Waals surface area contributed by atoms with Gasteiger partial charge in [-0.05, 0) is 287 Å². The molecule has 12 rings (SSSR count). The molecule has 0 heterocycles. The van der Waals surface area contributed by atoms with Gasteiger partial charge in [-0.25, -0.2) is 4.39 Å². The van der Waals surface area contributed by atoms with Gasteiger partial charge in [-0.2, -0.15) is 0 Å². The highest BCUT2D eigenvalue weighted by molar-refractivity contribution is 7.99. The first-order chi connectivity index (χ1) is 57.5.